The van der Waals surface area contributed by atoms with Gasteiger partial charge in [0.05, 0.1) is 0 Å². The minimum Gasteiger partial charge on any atom is -0.324 e. The van der Waals surface area contributed by atoms with Crippen molar-refractivity contribution in [3.63, 3.8) is 0 Å². The minimum atomic E-state index is 0. The molecule has 0 bridgehead atoms. The smallest absolute Gasteiger partial charge is 0.0335 e. The van der Waals surface area contributed by atoms with E-state index in [4.69, 9.17) is 5.73 Å². The average molecular weight is 235 g/mol. The van der Waals surface area contributed by atoms with Crippen LogP contribution in [0.3, 0.4) is 0 Å². The number of rotatable bonds is 3. The van der Waals surface area contributed by atoms with Crippen LogP contribution in [0.15, 0.2) is 54.9 Å². The van der Waals surface area contributed by atoms with Crippen molar-refractivity contribution < 1.29 is 0 Å². The molecule has 1 aromatic carbocycles. The zero-order chi connectivity index (χ0) is 10.5. The van der Waals surface area contributed by atoms with E-state index in [1.165, 1.54) is 11.1 Å². The van der Waals surface area contributed by atoms with Crippen molar-refractivity contribution in [3.05, 3.63) is 66.0 Å². The van der Waals surface area contributed by atoms with Crippen molar-refractivity contribution in [1.29, 1.82) is 0 Å². The number of pyridine rings is 1. The molecule has 84 valence electrons. The van der Waals surface area contributed by atoms with E-state index >= 15 is 0 Å². The molecule has 0 saturated carbocycles. The van der Waals surface area contributed by atoms with Gasteiger partial charge in [-0.3, -0.25) is 4.98 Å². The van der Waals surface area contributed by atoms with Crippen LogP contribution in [0, 0.1) is 0 Å². The highest BCUT2D eigenvalue weighted by Crippen LogP contribution is 2.14. The van der Waals surface area contributed by atoms with E-state index in [2.05, 4.69) is 17.1 Å². The van der Waals surface area contributed by atoms with Gasteiger partial charge in [-0.2, -0.15) is 0 Å². The highest BCUT2D eigenvalue weighted by molar-refractivity contribution is 5.85. The van der Waals surface area contributed by atoms with Gasteiger partial charge < -0.3 is 5.73 Å². The molecule has 2 rings (SSSR count). The Hall–Kier alpha value is -1.38. The Morgan fingerprint density at radius 2 is 1.62 bits per heavy atom. The van der Waals surface area contributed by atoms with E-state index in [0.717, 1.165) is 6.42 Å². The third-order valence-electron chi connectivity index (χ3n) is 2.43. The van der Waals surface area contributed by atoms with Crippen LogP contribution >= 0.6 is 12.4 Å². The van der Waals surface area contributed by atoms with Crippen LogP contribution < -0.4 is 5.73 Å². The molecule has 16 heavy (non-hydrogen) atoms. The Bertz CT molecular complexity index is 403. The van der Waals surface area contributed by atoms with Gasteiger partial charge >= 0.3 is 0 Å². The number of nitrogens with two attached hydrogens (primary N) is 1. The van der Waals surface area contributed by atoms with Crippen LogP contribution in [0.5, 0.6) is 0 Å². The second kappa shape index (κ2) is 6.26. The maximum absolute atomic E-state index is 6.11. The number of halogens is 1. The van der Waals surface area contributed by atoms with E-state index in [0.29, 0.717) is 0 Å². The Labute approximate surface area is 102 Å². The molecule has 1 aromatic heterocycles. The van der Waals surface area contributed by atoms with Crippen LogP contribution in [0.1, 0.15) is 17.2 Å². The zero-order valence-corrected chi connectivity index (χ0v) is 9.73. The van der Waals surface area contributed by atoms with E-state index in [1.54, 1.807) is 12.4 Å². The summed E-state index contributed by atoms with van der Waals surface area (Å²) in [7, 11) is 0. The summed E-state index contributed by atoms with van der Waals surface area (Å²) in [5.74, 6) is 0. The van der Waals surface area contributed by atoms with Gasteiger partial charge in [-0.25, -0.2) is 0 Å². The Morgan fingerprint density at radius 3 is 2.25 bits per heavy atom. The average Bonchev–Trinajstić information content (AvgIpc) is 2.31. The van der Waals surface area contributed by atoms with Gasteiger partial charge in [0.2, 0.25) is 0 Å². The molecule has 1 heterocycles. The van der Waals surface area contributed by atoms with Crippen LogP contribution in [-0.4, -0.2) is 4.98 Å². The van der Waals surface area contributed by atoms with Gasteiger partial charge in [-0.1, -0.05) is 30.3 Å². The summed E-state index contributed by atoms with van der Waals surface area (Å²) in [6, 6.07) is 14.2. The SMILES string of the molecule is Cl.NC(Cc1ccncc1)c1ccccc1. The maximum Gasteiger partial charge on any atom is 0.0335 e. The fraction of sp³-hybridized carbons (Fsp3) is 0.154. The molecule has 0 aliphatic rings. The number of nitrogens with zero attached hydrogens (tertiary/aromatic N) is 1. The summed E-state index contributed by atoms with van der Waals surface area (Å²) < 4.78 is 0. The standard InChI is InChI=1S/C13H14N2.ClH/c14-13(12-4-2-1-3-5-12)10-11-6-8-15-9-7-11;/h1-9,13H,10,14H2;1H. The predicted molar refractivity (Wildman–Crippen MR) is 68.6 cm³/mol. The van der Waals surface area contributed by atoms with Gasteiger partial charge in [0.25, 0.3) is 0 Å². The molecular formula is C13H15ClN2. The molecule has 0 saturated heterocycles. The topological polar surface area (TPSA) is 38.9 Å². The Balaban J connectivity index is 0.00000128. The first-order chi connectivity index (χ1) is 7.36. The molecule has 0 aliphatic heterocycles. The lowest BCUT2D eigenvalue weighted by Gasteiger charge is -2.11. The molecule has 0 spiro atoms. The number of aromatic nitrogens is 1. The summed E-state index contributed by atoms with van der Waals surface area (Å²) in [6.45, 7) is 0. The highest BCUT2D eigenvalue weighted by atomic mass is 35.5. The molecule has 2 N–H and O–H groups in total. The third kappa shape index (κ3) is 3.33. The predicted octanol–water partition coefficient (Wildman–Crippen LogP) is 2.75. The van der Waals surface area contributed by atoms with Crippen LogP contribution in [0.25, 0.3) is 0 Å². The fourth-order valence-corrected chi connectivity index (χ4v) is 1.59. The van der Waals surface area contributed by atoms with E-state index in [9.17, 15) is 0 Å². The van der Waals surface area contributed by atoms with Gasteiger partial charge in [0.1, 0.15) is 0 Å². The lowest BCUT2D eigenvalue weighted by atomic mass is 10.0. The summed E-state index contributed by atoms with van der Waals surface area (Å²) in [4.78, 5) is 3.98. The highest BCUT2D eigenvalue weighted by Gasteiger charge is 2.05. The summed E-state index contributed by atoms with van der Waals surface area (Å²) >= 11 is 0. The zero-order valence-electron chi connectivity index (χ0n) is 8.91. The molecule has 1 unspecified atom stereocenters. The summed E-state index contributed by atoms with van der Waals surface area (Å²) in [5, 5.41) is 0. The second-order valence-electron chi connectivity index (χ2n) is 3.58. The molecule has 0 aliphatic carbocycles. The summed E-state index contributed by atoms with van der Waals surface area (Å²) in [5.41, 5.74) is 8.51. The Morgan fingerprint density at radius 1 is 1.00 bits per heavy atom. The van der Waals surface area contributed by atoms with Gasteiger partial charge in [0.15, 0.2) is 0 Å². The molecule has 2 aromatic rings. The lowest BCUT2D eigenvalue weighted by Crippen LogP contribution is -2.13. The molecule has 2 nitrogen and oxygen atoms in total. The van der Waals surface area contributed by atoms with Crippen LogP contribution in [0.2, 0.25) is 0 Å². The van der Waals surface area contributed by atoms with E-state index < -0.39 is 0 Å². The number of hydrogen-bond acceptors (Lipinski definition) is 2. The van der Waals surface area contributed by atoms with E-state index in [1.807, 2.05) is 30.3 Å². The first kappa shape index (κ1) is 12.7. The molecule has 1 atom stereocenters. The largest absolute Gasteiger partial charge is 0.324 e. The van der Waals surface area contributed by atoms with Crippen molar-refractivity contribution in [2.24, 2.45) is 5.73 Å². The van der Waals surface area contributed by atoms with Crippen molar-refractivity contribution in [2.45, 2.75) is 12.5 Å². The van der Waals surface area contributed by atoms with Gasteiger partial charge in [0, 0.05) is 18.4 Å². The molecule has 0 fully saturated rings. The van der Waals surface area contributed by atoms with Crippen molar-refractivity contribution in [1.82, 2.24) is 4.98 Å². The lowest BCUT2D eigenvalue weighted by molar-refractivity contribution is 0.721. The molecule has 3 heteroatoms. The third-order valence-corrected chi connectivity index (χ3v) is 2.43. The van der Waals surface area contributed by atoms with E-state index in [-0.39, 0.29) is 18.4 Å². The van der Waals surface area contributed by atoms with Crippen LogP contribution in [-0.2, 0) is 6.42 Å². The maximum atomic E-state index is 6.11. The normalized spacial score (nSPS) is 11.6. The number of hydrogen-bond donors (Lipinski definition) is 1. The fourth-order valence-electron chi connectivity index (χ4n) is 1.59. The molecule has 0 radical (unpaired) electrons. The summed E-state index contributed by atoms with van der Waals surface area (Å²) in [6.07, 6.45) is 4.45. The van der Waals surface area contributed by atoms with Crippen molar-refractivity contribution in [3.8, 4) is 0 Å². The number of benzene rings is 1. The quantitative estimate of drug-likeness (QED) is 0.887. The first-order valence-electron chi connectivity index (χ1n) is 5.05. The van der Waals surface area contributed by atoms with Crippen molar-refractivity contribution >= 4 is 12.4 Å². The first-order valence-corrected chi connectivity index (χ1v) is 5.05. The second-order valence-corrected chi connectivity index (χ2v) is 3.58. The van der Waals surface area contributed by atoms with Gasteiger partial charge in [-0.15, -0.1) is 12.4 Å². The monoisotopic (exact) mass is 234 g/mol. The van der Waals surface area contributed by atoms with Crippen molar-refractivity contribution in [2.75, 3.05) is 0 Å². The molecular weight excluding hydrogens is 220 g/mol. The van der Waals surface area contributed by atoms with Crippen LogP contribution in [0.4, 0.5) is 0 Å². The van der Waals surface area contributed by atoms with Gasteiger partial charge in [-0.05, 0) is 29.7 Å². The molecule has 0 amide bonds. The Kier molecular flexibility index (Phi) is 4.96. The minimum absolute atomic E-state index is 0.